The fourth-order valence-corrected chi connectivity index (χ4v) is 1.74. The number of fused-ring (bicyclic) bond motifs is 1. The lowest BCUT2D eigenvalue weighted by Crippen LogP contribution is -1.95. The van der Waals surface area contributed by atoms with Gasteiger partial charge < -0.3 is 9.67 Å². The van der Waals surface area contributed by atoms with Crippen LogP contribution in [-0.4, -0.2) is 15.6 Å². The third-order valence-corrected chi connectivity index (χ3v) is 2.32. The van der Waals surface area contributed by atoms with Gasteiger partial charge in [-0.3, -0.25) is 0 Å². The summed E-state index contributed by atoms with van der Waals surface area (Å²) in [5, 5.41) is 8.46. The van der Waals surface area contributed by atoms with Crippen molar-refractivity contribution in [1.29, 1.82) is 0 Å². The van der Waals surface area contributed by atoms with Gasteiger partial charge in [-0.2, -0.15) is 0 Å². The number of rotatable bonds is 2. The van der Waals surface area contributed by atoms with Gasteiger partial charge in [0, 0.05) is 24.0 Å². The molecule has 1 aliphatic heterocycles. The van der Waals surface area contributed by atoms with Gasteiger partial charge in [0.1, 0.15) is 0 Å². The second-order valence-electron chi connectivity index (χ2n) is 3.18. The Hall–Kier alpha value is -1.51. The lowest BCUT2D eigenvalue weighted by molar-refractivity contribution is -0.131. The molecule has 0 atom stereocenters. The topological polar surface area (TPSA) is 42.2 Å². The second kappa shape index (κ2) is 3.09. The van der Waals surface area contributed by atoms with Crippen LogP contribution in [0.15, 0.2) is 18.2 Å². The van der Waals surface area contributed by atoms with Crippen molar-refractivity contribution < 1.29 is 9.90 Å². The number of aliphatic carboxylic acids is 1. The molecule has 0 aliphatic carbocycles. The Balaban J connectivity index is 2.26. The quantitative estimate of drug-likeness (QED) is 0.696. The van der Waals surface area contributed by atoms with Gasteiger partial charge in [0.2, 0.25) is 0 Å². The van der Waals surface area contributed by atoms with Gasteiger partial charge in [-0.1, -0.05) is 0 Å². The third-order valence-electron chi connectivity index (χ3n) is 2.32. The van der Waals surface area contributed by atoms with Crippen molar-refractivity contribution in [3.05, 3.63) is 29.6 Å². The number of carboxylic acid groups (broad SMARTS) is 1. The Morgan fingerprint density at radius 2 is 2.38 bits per heavy atom. The number of aromatic nitrogens is 1. The van der Waals surface area contributed by atoms with Crippen LogP contribution in [0.2, 0.25) is 0 Å². The molecule has 0 aromatic carbocycles. The maximum Gasteiger partial charge on any atom is 0.328 e. The van der Waals surface area contributed by atoms with Crippen LogP contribution in [-0.2, 0) is 17.8 Å². The van der Waals surface area contributed by atoms with Crippen LogP contribution in [0.25, 0.3) is 6.08 Å². The highest BCUT2D eigenvalue weighted by Crippen LogP contribution is 2.19. The fraction of sp³-hybridized carbons (Fsp3) is 0.300. The normalized spacial score (nSPS) is 15.1. The summed E-state index contributed by atoms with van der Waals surface area (Å²) < 4.78 is 2.17. The van der Waals surface area contributed by atoms with Crippen molar-refractivity contribution in [1.82, 2.24) is 4.57 Å². The minimum atomic E-state index is -0.895. The number of hydrogen-bond donors (Lipinski definition) is 1. The fourth-order valence-electron chi connectivity index (χ4n) is 1.74. The molecule has 0 amide bonds. The van der Waals surface area contributed by atoms with E-state index in [0.717, 1.165) is 18.7 Å². The van der Waals surface area contributed by atoms with E-state index >= 15 is 0 Å². The van der Waals surface area contributed by atoms with E-state index in [-0.39, 0.29) is 0 Å². The van der Waals surface area contributed by atoms with Gasteiger partial charge in [-0.05, 0) is 31.1 Å². The van der Waals surface area contributed by atoms with Crippen LogP contribution in [0.1, 0.15) is 17.8 Å². The van der Waals surface area contributed by atoms with E-state index in [2.05, 4.69) is 10.6 Å². The molecule has 3 heteroatoms. The molecule has 0 radical (unpaired) electrons. The standard InChI is InChI=1S/C10H11NO2/c12-10(13)6-5-9-4-3-8-2-1-7-11(8)9/h3-6H,1-2,7H2,(H,12,13)/b6-5+. The lowest BCUT2D eigenvalue weighted by Gasteiger charge is -1.99. The van der Waals surface area contributed by atoms with Crippen molar-refractivity contribution in [3.8, 4) is 0 Å². The van der Waals surface area contributed by atoms with Crippen LogP contribution in [0.4, 0.5) is 0 Å². The molecule has 0 fully saturated rings. The highest BCUT2D eigenvalue weighted by molar-refractivity contribution is 5.85. The third kappa shape index (κ3) is 1.49. The number of carbonyl (C=O) groups is 1. The minimum absolute atomic E-state index is 0.895. The van der Waals surface area contributed by atoms with E-state index in [9.17, 15) is 4.79 Å². The minimum Gasteiger partial charge on any atom is -0.478 e. The van der Waals surface area contributed by atoms with Crippen LogP contribution >= 0.6 is 0 Å². The van der Waals surface area contributed by atoms with Crippen LogP contribution in [0, 0.1) is 0 Å². The average Bonchev–Trinajstić information content (AvgIpc) is 2.60. The molecule has 0 saturated heterocycles. The zero-order valence-corrected chi connectivity index (χ0v) is 7.23. The van der Waals surface area contributed by atoms with E-state index in [1.807, 2.05) is 6.07 Å². The van der Waals surface area contributed by atoms with E-state index in [0.29, 0.717) is 0 Å². The molecule has 0 saturated carbocycles. The predicted octanol–water partition coefficient (Wildman–Crippen LogP) is 1.53. The molecule has 1 N–H and O–H groups in total. The van der Waals surface area contributed by atoms with Crippen molar-refractivity contribution in [2.24, 2.45) is 0 Å². The SMILES string of the molecule is O=C(O)/C=C/c1ccc2n1CCC2. The summed E-state index contributed by atoms with van der Waals surface area (Å²) in [4.78, 5) is 10.3. The maximum atomic E-state index is 10.3. The monoisotopic (exact) mass is 177 g/mol. The number of nitrogens with zero attached hydrogens (tertiary/aromatic N) is 1. The Bertz CT molecular complexity index is 363. The molecule has 0 bridgehead atoms. The average molecular weight is 177 g/mol. The Labute approximate surface area is 76.3 Å². The summed E-state index contributed by atoms with van der Waals surface area (Å²) >= 11 is 0. The van der Waals surface area contributed by atoms with Gasteiger partial charge in [-0.25, -0.2) is 4.79 Å². The smallest absolute Gasteiger partial charge is 0.328 e. The molecule has 1 aliphatic rings. The van der Waals surface area contributed by atoms with Gasteiger partial charge in [-0.15, -0.1) is 0 Å². The molecule has 1 aromatic rings. The largest absolute Gasteiger partial charge is 0.478 e. The Morgan fingerprint density at radius 3 is 3.15 bits per heavy atom. The first-order chi connectivity index (χ1) is 6.27. The molecule has 68 valence electrons. The zero-order valence-electron chi connectivity index (χ0n) is 7.23. The predicted molar refractivity (Wildman–Crippen MR) is 49.4 cm³/mol. The molecule has 13 heavy (non-hydrogen) atoms. The molecule has 0 unspecified atom stereocenters. The Morgan fingerprint density at radius 1 is 1.54 bits per heavy atom. The van der Waals surface area contributed by atoms with Crippen molar-refractivity contribution in [3.63, 3.8) is 0 Å². The summed E-state index contributed by atoms with van der Waals surface area (Å²) in [5.74, 6) is -0.895. The first-order valence-corrected chi connectivity index (χ1v) is 4.37. The first kappa shape index (κ1) is 8.10. The number of aryl methyl sites for hydroxylation is 1. The Kier molecular flexibility index (Phi) is 1.93. The molecule has 0 spiro atoms. The lowest BCUT2D eigenvalue weighted by atomic mass is 10.3. The molecule has 2 rings (SSSR count). The molecule has 3 nitrogen and oxygen atoms in total. The van der Waals surface area contributed by atoms with E-state index in [1.165, 1.54) is 18.2 Å². The number of hydrogen-bond acceptors (Lipinski definition) is 1. The van der Waals surface area contributed by atoms with Crippen LogP contribution < -0.4 is 0 Å². The summed E-state index contributed by atoms with van der Waals surface area (Å²) in [6, 6.07) is 4.03. The van der Waals surface area contributed by atoms with Gasteiger partial charge in [0.25, 0.3) is 0 Å². The van der Waals surface area contributed by atoms with Gasteiger partial charge >= 0.3 is 5.97 Å². The molecular weight excluding hydrogens is 166 g/mol. The highest BCUT2D eigenvalue weighted by atomic mass is 16.4. The maximum absolute atomic E-state index is 10.3. The second-order valence-corrected chi connectivity index (χ2v) is 3.18. The van der Waals surface area contributed by atoms with Gasteiger partial charge in [0.05, 0.1) is 0 Å². The van der Waals surface area contributed by atoms with E-state index in [1.54, 1.807) is 6.08 Å². The first-order valence-electron chi connectivity index (χ1n) is 4.37. The van der Waals surface area contributed by atoms with Crippen molar-refractivity contribution in [2.45, 2.75) is 19.4 Å². The summed E-state index contributed by atoms with van der Waals surface area (Å²) in [5.41, 5.74) is 2.31. The molecular formula is C10H11NO2. The number of carboxylic acids is 1. The van der Waals surface area contributed by atoms with Crippen LogP contribution in [0.5, 0.6) is 0 Å². The highest BCUT2D eigenvalue weighted by Gasteiger charge is 2.11. The van der Waals surface area contributed by atoms with Crippen molar-refractivity contribution in [2.75, 3.05) is 0 Å². The molecule has 1 aromatic heterocycles. The zero-order chi connectivity index (χ0) is 9.26. The summed E-state index contributed by atoms with van der Waals surface area (Å²) in [7, 11) is 0. The summed E-state index contributed by atoms with van der Waals surface area (Å²) in [6.07, 6.45) is 5.11. The van der Waals surface area contributed by atoms with Gasteiger partial charge in [0.15, 0.2) is 0 Å². The molecule has 2 heterocycles. The summed E-state index contributed by atoms with van der Waals surface area (Å²) in [6.45, 7) is 1.02. The van der Waals surface area contributed by atoms with Crippen LogP contribution in [0.3, 0.4) is 0 Å². The van der Waals surface area contributed by atoms with E-state index in [4.69, 9.17) is 5.11 Å². The van der Waals surface area contributed by atoms with E-state index < -0.39 is 5.97 Å². The van der Waals surface area contributed by atoms with Crippen molar-refractivity contribution >= 4 is 12.0 Å².